The number of carboxylic acids is 1. The van der Waals surface area contributed by atoms with Gasteiger partial charge in [0.2, 0.25) is 0 Å². The number of carbonyl (C=O) groups is 2. The number of aromatic nitrogens is 1. The van der Waals surface area contributed by atoms with Gasteiger partial charge in [-0.2, -0.15) is 0 Å². The van der Waals surface area contributed by atoms with Crippen molar-refractivity contribution in [1.82, 2.24) is 4.98 Å². The maximum atomic E-state index is 11.8. The van der Waals surface area contributed by atoms with Crippen molar-refractivity contribution in [3.63, 3.8) is 0 Å². The molecule has 5 heteroatoms. The lowest BCUT2D eigenvalue weighted by molar-refractivity contribution is -0.133. The summed E-state index contributed by atoms with van der Waals surface area (Å²) in [5.41, 5.74) is 1.97. The summed E-state index contributed by atoms with van der Waals surface area (Å²) >= 11 is 0. The summed E-state index contributed by atoms with van der Waals surface area (Å²) in [4.78, 5) is 26.7. The number of carbonyl (C=O) groups excluding carboxylic acids is 1. The van der Waals surface area contributed by atoms with Gasteiger partial charge in [0.25, 0.3) is 5.91 Å². The third kappa shape index (κ3) is 3.41. The molecule has 1 rings (SSSR count). The van der Waals surface area contributed by atoms with Crippen molar-refractivity contribution in [3.8, 4) is 0 Å². The number of aryl methyl sites for hydroxylation is 2. The second-order valence-corrected chi connectivity index (χ2v) is 4.18. The first-order valence-corrected chi connectivity index (χ1v) is 5.48. The van der Waals surface area contributed by atoms with Crippen LogP contribution in [-0.2, 0) is 9.59 Å². The highest BCUT2D eigenvalue weighted by molar-refractivity contribution is 6.07. The fraction of sp³-hybridized carbons (Fsp3) is 0.308. The highest BCUT2D eigenvalue weighted by Crippen LogP contribution is 2.11. The molecule has 96 valence electrons. The number of aliphatic carboxylic acids is 1. The molecule has 0 spiro atoms. The van der Waals surface area contributed by atoms with Crippen LogP contribution in [-0.4, -0.2) is 22.0 Å². The van der Waals surface area contributed by atoms with Crippen molar-refractivity contribution in [1.29, 1.82) is 0 Å². The molecule has 1 aromatic rings. The topological polar surface area (TPSA) is 79.3 Å². The smallest absolute Gasteiger partial charge is 0.331 e. The fourth-order valence-corrected chi connectivity index (χ4v) is 1.45. The molecule has 1 heterocycles. The summed E-state index contributed by atoms with van der Waals surface area (Å²) in [6.45, 7) is 6.59. The first-order chi connectivity index (χ1) is 8.31. The Morgan fingerprint density at radius 2 is 1.78 bits per heavy atom. The molecular formula is C13H16N2O3. The Labute approximate surface area is 106 Å². The molecule has 0 atom stereocenters. The zero-order valence-corrected chi connectivity index (χ0v) is 10.9. The predicted molar refractivity (Wildman–Crippen MR) is 68.4 cm³/mol. The van der Waals surface area contributed by atoms with E-state index >= 15 is 0 Å². The average molecular weight is 248 g/mol. The van der Waals surface area contributed by atoms with Gasteiger partial charge in [-0.1, -0.05) is 0 Å². The van der Waals surface area contributed by atoms with E-state index in [4.69, 9.17) is 5.11 Å². The molecule has 2 N–H and O–H groups in total. The molecule has 0 bridgehead atoms. The average Bonchev–Trinajstić information content (AvgIpc) is 2.25. The lowest BCUT2D eigenvalue weighted by Gasteiger charge is -2.07. The monoisotopic (exact) mass is 248 g/mol. The molecular weight excluding hydrogens is 232 g/mol. The van der Waals surface area contributed by atoms with Crippen molar-refractivity contribution < 1.29 is 14.7 Å². The Kier molecular flexibility index (Phi) is 4.20. The van der Waals surface area contributed by atoms with E-state index in [2.05, 4.69) is 10.3 Å². The minimum Gasteiger partial charge on any atom is -0.478 e. The third-order valence-corrected chi connectivity index (χ3v) is 2.56. The van der Waals surface area contributed by atoms with E-state index < -0.39 is 11.9 Å². The van der Waals surface area contributed by atoms with Crippen LogP contribution in [0.2, 0.25) is 0 Å². The molecule has 1 aromatic heterocycles. The number of rotatable bonds is 3. The number of hydrogen-bond acceptors (Lipinski definition) is 3. The maximum Gasteiger partial charge on any atom is 0.331 e. The van der Waals surface area contributed by atoms with Crippen LogP contribution in [0.4, 0.5) is 5.82 Å². The van der Waals surface area contributed by atoms with E-state index in [0.717, 1.165) is 11.3 Å². The van der Waals surface area contributed by atoms with Crippen molar-refractivity contribution in [2.24, 2.45) is 0 Å². The zero-order valence-electron chi connectivity index (χ0n) is 10.9. The SMILES string of the molecule is C/C(C(=O)O)=C(/C)C(=O)Nc1cc(C)cc(C)n1. The van der Waals surface area contributed by atoms with Gasteiger partial charge < -0.3 is 10.4 Å². The number of anilines is 1. The predicted octanol–water partition coefficient (Wildman–Crippen LogP) is 2.06. The lowest BCUT2D eigenvalue weighted by atomic mass is 10.1. The largest absolute Gasteiger partial charge is 0.478 e. The minimum absolute atomic E-state index is 0.0249. The Bertz CT molecular complexity index is 513. The van der Waals surface area contributed by atoms with Crippen molar-refractivity contribution in [3.05, 3.63) is 34.5 Å². The van der Waals surface area contributed by atoms with Gasteiger partial charge in [0, 0.05) is 16.8 Å². The molecule has 18 heavy (non-hydrogen) atoms. The van der Waals surface area contributed by atoms with Gasteiger partial charge in [0.1, 0.15) is 5.82 Å². The minimum atomic E-state index is -1.10. The molecule has 0 saturated heterocycles. The van der Waals surface area contributed by atoms with E-state index in [1.165, 1.54) is 13.8 Å². The van der Waals surface area contributed by atoms with Gasteiger partial charge in [-0.3, -0.25) is 4.79 Å². The van der Waals surface area contributed by atoms with Crippen LogP contribution in [0.25, 0.3) is 0 Å². The molecule has 0 aliphatic heterocycles. The van der Waals surface area contributed by atoms with Crippen LogP contribution >= 0.6 is 0 Å². The molecule has 0 saturated carbocycles. The summed E-state index contributed by atoms with van der Waals surface area (Å²) in [7, 11) is 0. The number of pyridine rings is 1. The fourth-order valence-electron chi connectivity index (χ4n) is 1.45. The van der Waals surface area contributed by atoms with Crippen LogP contribution in [0, 0.1) is 13.8 Å². The van der Waals surface area contributed by atoms with Crippen LogP contribution < -0.4 is 5.32 Å². The first-order valence-electron chi connectivity index (χ1n) is 5.48. The van der Waals surface area contributed by atoms with Gasteiger partial charge in [0.15, 0.2) is 0 Å². The number of nitrogens with one attached hydrogen (secondary N) is 1. The summed E-state index contributed by atoms with van der Waals surface area (Å²) in [5.74, 6) is -1.13. The van der Waals surface area contributed by atoms with E-state index in [-0.39, 0.29) is 11.1 Å². The molecule has 0 radical (unpaired) electrons. The molecule has 1 amide bonds. The highest BCUT2D eigenvalue weighted by Gasteiger charge is 2.13. The Balaban J connectivity index is 2.95. The van der Waals surface area contributed by atoms with E-state index in [1.54, 1.807) is 6.07 Å². The van der Waals surface area contributed by atoms with Crippen LogP contribution in [0.1, 0.15) is 25.1 Å². The van der Waals surface area contributed by atoms with E-state index in [9.17, 15) is 9.59 Å². The Hall–Kier alpha value is -2.17. The van der Waals surface area contributed by atoms with Crippen molar-refractivity contribution in [2.45, 2.75) is 27.7 Å². The van der Waals surface area contributed by atoms with Gasteiger partial charge >= 0.3 is 5.97 Å². The van der Waals surface area contributed by atoms with E-state index in [0.29, 0.717) is 5.82 Å². The zero-order chi connectivity index (χ0) is 13.9. The van der Waals surface area contributed by atoms with Gasteiger partial charge in [-0.15, -0.1) is 0 Å². The summed E-state index contributed by atoms with van der Waals surface area (Å²) < 4.78 is 0. The number of carboxylic acid groups (broad SMARTS) is 1. The van der Waals surface area contributed by atoms with Crippen LogP contribution in [0.3, 0.4) is 0 Å². The lowest BCUT2D eigenvalue weighted by Crippen LogP contribution is -2.17. The van der Waals surface area contributed by atoms with Crippen molar-refractivity contribution >= 4 is 17.7 Å². The first kappa shape index (κ1) is 13.9. The molecule has 0 fully saturated rings. The number of hydrogen-bond donors (Lipinski definition) is 2. The second kappa shape index (κ2) is 5.44. The standard InChI is InChI=1S/C13H16N2O3/c1-7-5-8(2)14-11(6-7)15-12(16)9(3)10(4)13(17)18/h5-6H,1-4H3,(H,17,18)(H,14,15,16)/b10-9+. The summed E-state index contributed by atoms with van der Waals surface area (Å²) in [6, 6.07) is 3.62. The second-order valence-electron chi connectivity index (χ2n) is 4.18. The van der Waals surface area contributed by atoms with Crippen LogP contribution in [0.15, 0.2) is 23.3 Å². The maximum absolute atomic E-state index is 11.8. The summed E-state index contributed by atoms with van der Waals surface area (Å²) in [5, 5.41) is 11.4. The molecule has 0 aliphatic rings. The number of nitrogens with zero attached hydrogens (tertiary/aromatic N) is 1. The van der Waals surface area contributed by atoms with Crippen molar-refractivity contribution in [2.75, 3.05) is 5.32 Å². The summed E-state index contributed by atoms with van der Waals surface area (Å²) in [6.07, 6.45) is 0. The normalized spacial score (nSPS) is 11.8. The molecule has 5 nitrogen and oxygen atoms in total. The van der Waals surface area contributed by atoms with Gasteiger partial charge in [-0.25, -0.2) is 9.78 Å². The quantitative estimate of drug-likeness (QED) is 0.802. The Morgan fingerprint density at radius 3 is 2.28 bits per heavy atom. The Morgan fingerprint density at radius 1 is 1.17 bits per heavy atom. The van der Waals surface area contributed by atoms with Gasteiger partial charge in [-0.05, 0) is 45.4 Å². The van der Waals surface area contributed by atoms with Gasteiger partial charge in [0.05, 0.1) is 0 Å². The third-order valence-electron chi connectivity index (χ3n) is 2.56. The molecule has 0 aromatic carbocycles. The van der Waals surface area contributed by atoms with E-state index in [1.807, 2.05) is 19.9 Å². The van der Waals surface area contributed by atoms with Crippen LogP contribution in [0.5, 0.6) is 0 Å². The number of amides is 1. The highest BCUT2D eigenvalue weighted by atomic mass is 16.4. The molecule has 0 aliphatic carbocycles. The molecule has 0 unspecified atom stereocenters.